The minimum atomic E-state index is -1.31. The number of nitro benzene ring substituents is 1. The van der Waals surface area contributed by atoms with E-state index in [1.807, 2.05) is 6.92 Å². The first kappa shape index (κ1) is 16.9. The van der Waals surface area contributed by atoms with Crippen LogP contribution in [-0.4, -0.2) is 21.9 Å². The van der Waals surface area contributed by atoms with Crippen molar-refractivity contribution in [3.8, 4) is 0 Å². The van der Waals surface area contributed by atoms with Crippen LogP contribution in [0.5, 0.6) is 0 Å². The van der Waals surface area contributed by atoms with E-state index in [0.717, 1.165) is 5.56 Å². The van der Waals surface area contributed by atoms with E-state index < -0.39 is 16.8 Å². The van der Waals surface area contributed by atoms with Crippen molar-refractivity contribution in [3.05, 3.63) is 81.0 Å². The maximum absolute atomic E-state index is 12.1. The van der Waals surface area contributed by atoms with Gasteiger partial charge in [0.1, 0.15) is 5.70 Å². The monoisotopic (exact) mass is 326 g/mol. The highest BCUT2D eigenvalue weighted by molar-refractivity contribution is 6.02. The summed E-state index contributed by atoms with van der Waals surface area (Å²) in [5, 5.41) is 22.2. The quantitative estimate of drug-likeness (QED) is 0.499. The maximum Gasteiger partial charge on any atom is 0.352 e. The molecule has 0 fully saturated rings. The molecule has 2 aromatic rings. The van der Waals surface area contributed by atoms with Crippen LogP contribution in [0.25, 0.3) is 6.08 Å². The number of rotatable bonds is 5. The molecule has 0 heterocycles. The molecular formula is C17H14N2O5. The molecule has 0 atom stereocenters. The zero-order valence-corrected chi connectivity index (χ0v) is 12.7. The molecular weight excluding hydrogens is 312 g/mol. The number of carboxylic acids is 1. The number of aryl methyl sites for hydroxylation is 1. The van der Waals surface area contributed by atoms with Gasteiger partial charge in [-0.05, 0) is 42.8 Å². The van der Waals surface area contributed by atoms with Gasteiger partial charge in [-0.3, -0.25) is 14.9 Å². The fourth-order valence-electron chi connectivity index (χ4n) is 1.91. The molecule has 2 rings (SSSR count). The largest absolute Gasteiger partial charge is 0.477 e. The van der Waals surface area contributed by atoms with Crippen molar-refractivity contribution in [1.82, 2.24) is 5.32 Å². The number of benzene rings is 2. The van der Waals surface area contributed by atoms with Crippen LogP contribution in [0.15, 0.2) is 54.2 Å². The Hall–Kier alpha value is -3.48. The molecule has 0 aromatic heterocycles. The highest BCUT2D eigenvalue weighted by atomic mass is 16.6. The number of non-ortho nitro benzene ring substituents is 1. The molecule has 7 heteroatoms. The molecule has 1 amide bonds. The minimum Gasteiger partial charge on any atom is -0.477 e. The van der Waals surface area contributed by atoms with Gasteiger partial charge in [0.05, 0.1) is 4.92 Å². The zero-order valence-electron chi connectivity index (χ0n) is 12.7. The summed E-state index contributed by atoms with van der Waals surface area (Å²) in [6.45, 7) is 1.87. The lowest BCUT2D eigenvalue weighted by Gasteiger charge is -2.06. The second-order valence-electron chi connectivity index (χ2n) is 5.03. The van der Waals surface area contributed by atoms with Crippen molar-refractivity contribution in [1.29, 1.82) is 0 Å². The standard InChI is InChI=1S/C17H14N2O5/c1-11-2-6-13(7-3-11)16(20)18-15(17(21)22)10-12-4-8-14(9-5-12)19(23)24/h2-10H,1H3,(H,18,20)(H,21,22)/b15-10+. The van der Waals surface area contributed by atoms with Crippen LogP contribution in [0.4, 0.5) is 5.69 Å². The van der Waals surface area contributed by atoms with Crippen molar-refractivity contribution in [2.45, 2.75) is 6.92 Å². The van der Waals surface area contributed by atoms with Gasteiger partial charge in [0.25, 0.3) is 11.6 Å². The highest BCUT2D eigenvalue weighted by Crippen LogP contribution is 2.14. The molecule has 0 aliphatic rings. The molecule has 0 radical (unpaired) electrons. The van der Waals surface area contributed by atoms with E-state index in [1.165, 1.54) is 30.3 Å². The summed E-state index contributed by atoms with van der Waals surface area (Å²) in [5.74, 6) is -1.86. The van der Waals surface area contributed by atoms with Crippen LogP contribution in [0.2, 0.25) is 0 Å². The zero-order chi connectivity index (χ0) is 17.7. The number of nitrogens with zero attached hydrogens (tertiary/aromatic N) is 1. The van der Waals surface area contributed by atoms with Gasteiger partial charge in [0.2, 0.25) is 0 Å². The fraction of sp³-hybridized carbons (Fsp3) is 0.0588. The number of carbonyl (C=O) groups excluding carboxylic acids is 1. The van der Waals surface area contributed by atoms with E-state index in [9.17, 15) is 24.8 Å². The lowest BCUT2D eigenvalue weighted by molar-refractivity contribution is -0.384. The van der Waals surface area contributed by atoms with Gasteiger partial charge in [-0.25, -0.2) is 4.79 Å². The average Bonchev–Trinajstić information content (AvgIpc) is 2.55. The first-order valence-electron chi connectivity index (χ1n) is 6.94. The third-order valence-corrected chi connectivity index (χ3v) is 3.21. The van der Waals surface area contributed by atoms with E-state index in [1.54, 1.807) is 24.3 Å². The fourth-order valence-corrected chi connectivity index (χ4v) is 1.91. The van der Waals surface area contributed by atoms with E-state index in [0.29, 0.717) is 11.1 Å². The second kappa shape index (κ2) is 7.19. The summed E-state index contributed by atoms with van der Waals surface area (Å²) in [7, 11) is 0. The predicted octanol–water partition coefficient (Wildman–Crippen LogP) is 2.76. The molecule has 24 heavy (non-hydrogen) atoms. The SMILES string of the molecule is Cc1ccc(C(=O)N/C(=C/c2ccc([N+](=O)[O-])cc2)C(=O)O)cc1. The van der Waals surface area contributed by atoms with Gasteiger partial charge < -0.3 is 10.4 Å². The second-order valence-corrected chi connectivity index (χ2v) is 5.03. The summed E-state index contributed by atoms with van der Waals surface area (Å²) < 4.78 is 0. The van der Waals surface area contributed by atoms with Gasteiger partial charge in [0, 0.05) is 17.7 Å². The number of amides is 1. The Balaban J connectivity index is 2.22. The minimum absolute atomic E-state index is 0.104. The van der Waals surface area contributed by atoms with Gasteiger partial charge in [-0.15, -0.1) is 0 Å². The van der Waals surface area contributed by atoms with E-state index in [4.69, 9.17) is 0 Å². The van der Waals surface area contributed by atoms with Crippen molar-refractivity contribution in [3.63, 3.8) is 0 Å². The predicted molar refractivity (Wildman–Crippen MR) is 87.4 cm³/mol. The van der Waals surface area contributed by atoms with Crippen molar-refractivity contribution in [2.24, 2.45) is 0 Å². The summed E-state index contributed by atoms with van der Waals surface area (Å²) in [6.07, 6.45) is 1.23. The number of nitro groups is 1. The number of hydrogen-bond donors (Lipinski definition) is 2. The maximum atomic E-state index is 12.1. The lowest BCUT2D eigenvalue weighted by Crippen LogP contribution is -2.27. The van der Waals surface area contributed by atoms with Gasteiger partial charge in [-0.1, -0.05) is 17.7 Å². The molecule has 0 bridgehead atoms. The summed E-state index contributed by atoms with van der Waals surface area (Å²) in [4.78, 5) is 33.5. The normalized spacial score (nSPS) is 11.0. The smallest absolute Gasteiger partial charge is 0.352 e. The molecule has 0 spiro atoms. The van der Waals surface area contributed by atoms with Crippen LogP contribution in [0.3, 0.4) is 0 Å². The van der Waals surface area contributed by atoms with Gasteiger partial charge >= 0.3 is 5.97 Å². The summed E-state index contributed by atoms with van der Waals surface area (Å²) in [5.41, 5.74) is 1.30. The molecule has 0 aliphatic carbocycles. The summed E-state index contributed by atoms with van der Waals surface area (Å²) >= 11 is 0. The summed E-state index contributed by atoms with van der Waals surface area (Å²) in [6, 6.07) is 12.0. The number of aliphatic carboxylic acids is 1. The third kappa shape index (κ3) is 4.26. The molecule has 0 saturated carbocycles. The Kier molecular flexibility index (Phi) is 5.06. The number of hydrogen-bond acceptors (Lipinski definition) is 4. The van der Waals surface area contributed by atoms with Gasteiger partial charge in [-0.2, -0.15) is 0 Å². The Morgan fingerprint density at radius 3 is 2.17 bits per heavy atom. The number of nitrogens with one attached hydrogen (secondary N) is 1. The van der Waals surface area contributed by atoms with Crippen molar-refractivity contribution in [2.75, 3.05) is 0 Å². The number of carbonyl (C=O) groups is 2. The molecule has 122 valence electrons. The third-order valence-electron chi connectivity index (χ3n) is 3.21. The van der Waals surface area contributed by atoms with Gasteiger partial charge in [0.15, 0.2) is 0 Å². The first-order valence-corrected chi connectivity index (χ1v) is 6.94. The molecule has 0 saturated heterocycles. The van der Waals surface area contributed by atoms with Crippen molar-refractivity contribution >= 4 is 23.6 Å². The van der Waals surface area contributed by atoms with Crippen LogP contribution in [0, 0.1) is 17.0 Å². The lowest BCUT2D eigenvalue weighted by atomic mass is 10.1. The molecule has 0 unspecified atom stereocenters. The highest BCUT2D eigenvalue weighted by Gasteiger charge is 2.13. The number of carboxylic acid groups (broad SMARTS) is 1. The Labute approximate surface area is 137 Å². The van der Waals surface area contributed by atoms with Crippen LogP contribution in [-0.2, 0) is 4.79 Å². The molecule has 0 aliphatic heterocycles. The van der Waals surface area contributed by atoms with Crippen LogP contribution in [0.1, 0.15) is 21.5 Å². The Morgan fingerprint density at radius 1 is 1.08 bits per heavy atom. The first-order chi connectivity index (χ1) is 11.4. The average molecular weight is 326 g/mol. The Bertz CT molecular complexity index is 808. The van der Waals surface area contributed by atoms with E-state index in [-0.39, 0.29) is 11.4 Å². The molecule has 7 nitrogen and oxygen atoms in total. The van der Waals surface area contributed by atoms with E-state index >= 15 is 0 Å². The van der Waals surface area contributed by atoms with Crippen molar-refractivity contribution < 1.29 is 19.6 Å². The van der Waals surface area contributed by atoms with Crippen LogP contribution < -0.4 is 5.32 Å². The topological polar surface area (TPSA) is 110 Å². The van der Waals surface area contributed by atoms with Crippen LogP contribution >= 0.6 is 0 Å². The Morgan fingerprint density at radius 2 is 1.67 bits per heavy atom. The van der Waals surface area contributed by atoms with E-state index in [2.05, 4.69) is 5.32 Å². The molecule has 2 N–H and O–H groups in total. The molecule has 2 aromatic carbocycles.